The molecule has 0 fully saturated rings. The number of rotatable bonds is 3. The number of ether oxygens (including phenoxy) is 1. The van der Waals surface area contributed by atoms with Crippen LogP contribution in [0.15, 0.2) is 30.7 Å². The lowest BCUT2D eigenvalue weighted by atomic mass is 10.3. The molecule has 2 heterocycles. The van der Waals surface area contributed by atoms with Crippen molar-refractivity contribution in [3.8, 4) is 5.75 Å². The van der Waals surface area contributed by atoms with Gasteiger partial charge in [-0.2, -0.15) is 0 Å². The van der Waals surface area contributed by atoms with Gasteiger partial charge in [-0.3, -0.25) is 4.98 Å². The third-order valence-corrected chi connectivity index (χ3v) is 2.21. The minimum atomic E-state index is -0.554. The second-order valence-corrected chi connectivity index (χ2v) is 3.60. The first kappa shape index (κ1) is 11.7. The lowest BCUT2D eigenvalue weighted by Gasteiger charge is -2.07. The van der Waals surface area contributed by atoms with E-state index in [2.05, 4.69) is 9.97 Å². The Hall–Kier alpha value is -1.75. The molecular weight excluding hydrogens is 250 g/mol. The Morgan fingerprint density at radius 2 is 1.88 bits per heavy atom. The van der Waals surface area contributed by atoms with E-state index in [1.165, 1.54) is 12.3 Å². The van der Waals surface area contributed by atoms with Crippen LogP contribution in [0.5, 0.6) is 5.75 Å². The quantitative estimate of drug-likeness (QED) is 0.792. The average molecular weight is 257 g/mol. The zero-order chi connectivity index (χ0) is 12.3. The monoisotopic (exact) mass is 256 g/mol. The van der Waals surface area contributed by atoms with E-state index in [0.29, 0.717) is 5.56 Å². The van der Waals surface area contributed by atoms with Gasteiger partial charge in [-0.1, -0.05) is 11.6 Å². The van der Waals surface area contributed by atoms with Crippen LogP contribution in [0.4, 0.5) is 8.78 Å². The van der Waals surface area contributed by atoms with Gasteiger partial charge < -0.3 is 4.74 Å². The van der Waals surface area contributed by atoms with Gasteiger partial charge in [-0.05, 0) is 6.07 Å². The van der Waals surface area contributed by atoms with E-state index in [1.54, 1.807) is 0 Å². The maximum atomic E-state index is 12.9. The topological polar surface area (TPSA) is 35.0 Å². The van der Waals surface area contributed by atoms with Gasteiger partial charge in [0.15, 0.2) is 10.9 Å². The average Bonchev–Trinajstić information content (AvgIpc) is 2.30. The largest absolute Gasteiger partial charge is 0.486 e. The Morgan fingerprint density at radius 1 is 1.12 bits per heavy atom. The Morgan fingerprint density at radius 3 is 2.65 bits per heavy atom. The van der Waals surface area contributed by atoms with E-state index < -0.39 is 11.6 Å². The molecule has 0 aliphatic carbocycles. The number of hydrogen-bond donors (Lipinski definition) is 0. The highest BCUT2D eigenvalue weighted by atomic mass is 35.5. The molecular formula is C11H7ClF2N2O. The molecule has 2 aromatic heterocycles. The van der Waals surface area contributed by atoms with Crippen LogP contribution in [0.1, 0.15) is 5.56 Å². The summed E-state index contributed by atoms with van der Waals surface area (Å²) in [5, 5.41) is 0.0516. The highest BCUT2D eigenvalue weighted by molar-refractivity contribution is 6.30. The maximum absolute atomic E-state index is 12.9. The lowest BCUT2D eigenvalue weighted by Crippen LogP contribution is -1.98. The summed E-state index contributed by atoms with van der Waals surface area (Å²) >= 11 is 5.70. The van der Waals surface area contributed by atoms with Gasteiger partial charge in [0, 0.05) is 17.8 Å². The zero-order valence-corrected chi connectivity index (χ0v) is 9.29. The summed E-state index contributed by atoms with van der Waals surface area (Å²) in [6.07, 6.45) is 3.52. The molecule has 88 valence electrons. The third-order valence-electron chi connectivity index (χ3n) is 1.93. The molecule has 6 heteroatoms. The van der Waals surface area contributed by atoms with Gasteiger partial charge >= 0.3 is 0 Å². The standard InChI is InChI=1S/C11H7ClF2N2O/c12-11-10(2-9(14)5-16-11)17-6-7-1-8(13)4-15-3-7/h1-5H,6H2. The molecule has 2 rings (SSSR count). The number of nitrogens with zero attached hydrogens (tertiary/aromatic N) is 2. The van der Waals surface area contributed by atoms with Crippen molar-refractivity contribution in [2.24, 2.45) is 0 Å². The number of hydrogen-bond acceptors (Lipinski definition) is 3. The predicted octanol–water partition coefficient (Wildman–Crippen LogP) is 2.99. The fourth-order valence-electron chi connectivity index (χ4n) is 1.20. The lowest BCUT2D eigenvalue weighted by molar-refractivity contribution is 0.302. The van der Waals surface area contributed by atoms with Gasteiger partial charge in [0.1, 0.15) is 18.2 Å². The molecule has 2 aromatic rings. The fraction of sp³-hybridized carbons (Fsp3) is 0.0909. The number of pyridine rings is 2. The Balaban J connectivity index is 2.09. The third kappa shape index (κ3) is 3.10. The van der Waals surface area contributed by atoms with E-state index in [-0.39, 0.29) is 17.5 Å². The Bertz CT molecular complexity index is 537. The van der Waals surface area contributed by atoms with E-state index in [4.69, 9.17) is 16.3 Å². The van der Waals surface area contributed by atoms with Gasteiger partial charge in [0.05, 0.1) is 12.4 Å². The van der Waals surface area contributed by atoms with Crippen LogP contribution in [0.3, 0.4) is 0 Å². The van der Waals surface area contributed by atoms with Crippen molar-refractivity contribution in [1.82, 2.24) is 9.97 Å². The maximum Gasteiger partial charge on any atom is 0.171 e. The Kier molecular flexibility index (Phi) is 3.49. The van der Waals surface area contributed by atoms with E-state index >= 15 is 0 Å². The molecule has 0 aliphatic heterocycles. The first-order valence-electron chi connectivity index (χ1n) is 4.68. The van der Waals surface area contributed by atoms with Gasteiger partial charge in [0.2, 0.25) is 0 Å². The summed E-state index contributed by atoms with van der Waals surface area (Å²) in [5.74, 6) is -0.910. The van der Waals surface area contributed by atoms with Gasteiger partial charge in [0.25, 0.3) is 0 Å². The van der Waals surface area contributed by atoms with E-state index in [1.807, 2.05) is 0 Å². The van der Waals surface area contributed by atoms with Crippen molar-refractivity contribution in [1.29, 1.82) is 0 Å². The second kappa shape index (κ2) is 5.05. The minimum absolute atomic E-state index is 0.0373. The molecule has 0 radical (unpaired) electrons. The SMILES string of the molecule is Fc1cncc(COc2cc(F)cnc2Cl)c1. The number of aromatic nitrogens is 2. The van der Waals surface area contributed by atoms with Crippen molar-refractivity contribution in [2.75, 3.05) is 0 Å². The summed E-state index contributed by atoms with van der Waals surface area (Å²) in [4.78, 5) is 7.24. The molecule has 0 amide bonds. The van der Waals surface area contributed by atoms with Crippen LogP contribution in [-0.2, 0) is 6.61 Å². The normalized spacial score (nSPS) is 10.3. The fourth-order valence-corrected chi connectivity index (χ4v) is 1.36. The van der Waals surface area contributed by atoms with Crippen LogP contribution >= 0.6 is 11.6 Å². The van der Waals surface area contributed by atoms with Crippen LogP contribution in [-0.4, -0.2) is 9.97 Å². The molecule has 0 bridgehead atoms. The molecule has 0 atom stereocenters. The summed E-state index contributed by atoms with van der Waals surface area (Å²) in [7, 11) is 0. The summed E-state index contributed by atoms with van der Waals surface area (Å²) in [6, 6.07) is 2.38. The highest BCUT2D eigenvalue weighted by Gasteiger charge is 2.05. The van der Waals surface area contributed by atoms with Crippen molar-refractivity contribution < 1.29 is 13.5 Å². The van der Waals surface area contributed by atoms with Gasteiger partial charge in [-0.25, -0.2) is 13.8 Å². The van der Waals surface area contributed by atoms with Crippen molar-refractivity contribution in [2.45, 2.75) is 6.61 Å². The van der Waals surface area contributed by atoms with E-state index in [9.17, 15) is 8.78 Å². The molecule has 17 heavy (non-hydrogen) atoms. The minimum Gasteiger partial charge on any atom is -0.486 e. The molecule has 3 nitrogen and oxygen atoms in total. The predicted molar refractivity (Wildman–Crippen MR) is 57.7 cm³/mol. The van der Waals surface area contributed by atoms with Crippen LogP contribution in [0.2, 0.25) is 5.15 Å². The Labute approximate surface area is 101 Å². The molecule has 0 aromatic carbocycles. The second-order valence-electron chi connectivity index (χ2n) is 3.24. The first-order chi connectivity index (χ1) is 8.15. The summed E-state index contributed by atoms with van der Waals surface area (Å²) in [5.41, 5.74) is 0.519. The summed E-state index contributed by atoms with van der Waals surface area (Å²) in [6.45, 7) is 0.0373. The summed E-state index contributed by atoms with van der Waals surface area (Å²) < 4.78 is 30.9. The van der Waals surface area contributed by atoms with Crippen molar-refractivity contribution in [3.63, 3.8) is 0 Å². The highest BCUT2D eigenvalue weighted by Crippen LogP contribution is 2.23. The molecule has 0 saturated heterocycles. The smallest absolute Gasteiger partial charge is 0.171 e. The number of halogens is 3. The molecule has 0 aliphatic rings. The van der Waals surface area contributed by atoms with Crippen LogP contribution in [0.25, 0.3) is 0 Å². The van der Waals surface area contributed by atoms with Crippen molar-refractivity contribution >= 4 is 11.6 Å². The van der Waals surface area contributed by atoms with E-state index in [0.717, 1.165) is 18.5 Å². The van der Waals surface area contributed by atoms with Gasteiger partial charge in [-0.15, -0.1) is 0 Å². The van der Waals surface area contributed by atoms with Crippen molar-refractivity contribution in [3.05, 3.63) is 53.1 Å². The zero-order valence-electron chi connectivity index (χ0n) is 8.53. The van der Waals surface area contributed by atoms with Crippen LogP contribution < -0.4 is 4.74 Å². The first-order valence-corrected chi connectivity index (χ1v) is 5.06. The molecule has 0 saturated carbocycles. The molecule has 0 N–H and O–H groups in total. The van der Waals surface area contributed by atoms with Crippen LogP contribution in [0, 0.1) is 11.6 Å². The molecule has 0 unspecified atom stereocenters. The molecule has 0 spiro atoms.